The minimum Gasteiger partial charge on any atom is -0.497 e. The molecule has 0 spiro atoms. The van der Waals surface area contributed by atoms with Crippen molar-refractivity contribution in [2.24, 2.45) is 0 Å². The number of methoxy groups -OCH3 is 2. The summed E-state index contributed by atoms with van der Waals surface area (Å²) in [7, 11) is 1.65. The molecule has 4 aromatic rings. The molecule has 0 N–H and O–H groups in total. The number of aryl methyl sites for hydroxylation is 1. The van der Waals surface area contributed by atoms with Crippen LogP contribution in [0.1, 0.15) is 36.2 Å². The minimum absolute atomic E-state index is 0.122. The first-order valence-corrected chi connectivity index (χ1v) is 17.1. The Morgan fingerprint density at radius 1 is 1.00 bits per heavy atom. The Morgan fingerprint density at radius 3 is 2.36 bits per heavy atom. The van der Waals surface area contributed by atoms with Crippen LogP contribution in [0.2, 0.25) is 0 Å². The van der Waals surface area contributed by atoms with Gasteiger partial charge in [0.05, 0.1) is 20.8 Å². The highest BCUT2D eigenvalue weighted by Gasteiger charge is 2.39. The van der Waals surface area contributed by atoms with Crippen LogP contribution in [-0.4, -0.2) is 75.2 Å². The maximum Gasteiger partial charge on any atom is 0.433 e. The summed E-state index contributed by atoms with van der Waals surface area (Å²) in [6.45, 7) is 0.326. The number of sulfonamides is 1. The summed E-state index contributed by atoms with van der Waals surface area (Å²) in [6.07, 6.45) is -0.187. The normalized spacial score (nSPS) is 16.8. The summed E-state index contributed by atoms with van der Waals surface area (Å²) in [5.41, 5.74) is -0.756. The van der Waals surface area contributed by atoms with E-state index in [-0.39, 0.29) is 42.5 Å². The van der Waals surface area contributed by atoms with Crippen LogP contribution in [0.15, 0.2) is 72.0 Å². The second-order valence-electron chi connectivity index (χ2n) is 12.2. The van der Waals surface area contributed by atoms with E-state index < -0.39 is 44.0 Å². The zero-order valence-electron chi connectivity index (χ0n) is 27.9. The molecular weight excluding hydrogens is 683 g/mol. The second-order valence-corrected chi connectivity index (χ2v) is 14.0. The predicted molar refractivity (Wildman–Crippen MR) is 177 cm³/mol. The number of benzene rings is 2. The molecule has 16 heteroatoms. The van der Waals surface area contributed by atoms with E-state index in [0.29, 0.717) is 37.1 Å². The molecule has 3 heterocycles. The van der Waals surface area contributed by atoms with E-state index in [1.165, 1.54) is 32.5 Å². The van der Waals surface area contributed by atoms with Gasteiger partial charge in [-0.1, -0.05) is 6.07 Å². The number of pyridine rings is 1. The standard InChI is InChI=1S/C34H37F5N6O4S/c1-43(2)33(14-11-24-7-5-8-30(42-24)34(37,38)39)13-6-16-44(21-33)25-17-27(35)32(28(36)18-25)50(46,47)45(31-12-15-40-22-41-31)20-23-9-10-26(48-3)19-29(23)49-4/h5,7-10,12,15,17-19,22H,6,11,13-14,16,20-21H2,1-4H3/t33-/m0/s1. The number of aromatic nitrogens is 3. The number of nitrogens with zero attached hydrogens (tertiary/aromatic N) is 6. The number of halogens is 5. The van der Waals surface area contributed by atoms with Crippen LogP contribution in [0.5, 0.6) is 11.5 Å². The Hall–Kier alpha value is -4.57. The summed E-state index contributed by atoms with van der Waals surface area (Å²) in [4.78, 5) is 14.2. The summed E-state index contributed by atoms with van der Waals surface area (Å²) in [5, 5.41) is 0. The van der Waals surface area contributed by atoms with Crippen molar-refractivity contribution < 1.29 is 39.8 Å². The van der Waals surface area contributed by atoms with Crippen LogP contribution in [0, 0.1) is 11.6 Å². The van der Waals surface area contributed by atoms with Gasteiger partial charge in [-0.25, -0.2) is 36.5 Å². The molecule has 0 radical (unpaired) electrons. The van der Waals surface area contributed by atoms with Gasteiger partial charge in [0.25, 0.3) is 10.0 Å². The molecule has 0 bridgehead atoms. The fourth-order valence-corrected chi connectivity index (χ4v) is 7.70. The number of anilines is 2. The maximum absolute atomic E-state index is 16.0. The lowest BCUT2D eigenvalue weighted by molar-refractivity contribution is -0.141. The van der Waals surface area contributed by atoms with Crippen molar-refractivity contribution in [2.45, 2.75) is 48.8 Å². The van der Waals surface area contributed by atoms with Crippen molar-refractivity contribution >= 4 is 21.5 Å². The largest absolute Gasteiger partial charge is 0.497 e. The molecule has 0 aliphatic carbocycles. The molecule has 1 atom stereocenters. The van der Waals surface area contributed by atoms with E-state index in [1.54, 1.807) is 29.2 Å². The van der Waals surface area contributed by atoms with Crippen molar-refractivity contribution in [3.05, 3.63) is 95.7 Å². The summed E-state index contributed by atoms with van der Waals surface area (Å²) in [5.74, 6) is -1.97. The SMILES string of the molecule is COc1ccc(CN(c2ccncn2)S(=O)(=O)c2c(F)cc(N3CCC[C@@](CCc4cccc(C(F)(F)F)n4)(N(C)C)C3)cc2F)c(OC)c1. The molecule has 50 heavy (non-hydrogen) atoms. The van der Waals surface area contributed by atoms with Crippen molar-refractivity contribution in [3.63, 3.8) is 0 Å². The Labute approximate surface area is 287 Å². The van der Waals surface area contributed by atoms with Gasteiger partial charge in [-0.15, -0.1) is 0 Å². The molecule has 1 aliphatic rings. The number of likely N-dealkylation sites (N-methyl/N-ethyl adjacent to an activating group) is 1. The molecule has 0 saturated carbocycles. The van der Waals surface area contributed by atoms with Crippen LogP contribution in [0.4, 0.5) is 33.5 Å². The van der Waals surface area contributed by atoms with Crippen molar-refractivity contribution in [1.82, 2.24) is 19.9 Å². The van der Waals surface area contributed by atoms with Gasteiger partial charge >= 0.3 is 6.18 Å². The first-order chi connectivity index (χ1) is 23.7. The summed E-state index contributed by atoms with van der Waals surface area (Å²) >= 11 is 0. The molecule has 1 saturated heterocycles. The predicted octanol–water partition coefficient (Wildman–Crippen LogP) is 6.11. The molecule has 0 unspecified atom stereocenters. The number of piperidine rings is 1. The van der Waals surface area contributed by atoms with E-state index in [2.05, 4.69) is 15.0 Å². The van der Waals surface area contributed by atoms with E-state index >= 15 is 8.78 Å². The van der Waals surface area contributed by atoms with Crippen LogP contribution in [0.3, 0.4) is 0 Å². The molecule has 2 aromatic heterocycles. The Kier molecular flexibility index (Phi) is 10.8. The monoisotopic (exact) mass is 720 g/mol. The minimum atomic E-state index is -4.90. The van der Waals surface area contributed by atoms with Gasteiger partial charge < -0.3 is 19.3 Å². The molecule has 0 amide bonds. The highest BCUT2D eigenvalue weighted by molar-refractivity contribution is 7.92. The summed E-state index contributed by atoms with van der Waals surface area (Å²) < 4.78 is 111. The number of hydrogen-bond donors (Lipinski definition) is 0. The third-order valence-corrected chi connectivity index (χ3v) is 10.8. The summed E-state index contributed by atoms with van der Waals surface area (Å²) in [6, 6.07) is 11.8. The van der Waals surface area contributed by atoms with Crippen molar-refractivity contribution in [1.29, 1.82) is 0 Å². The van der Waals surface area contributed by atoms with Crippen molar-refractivity contribution in [3.8, 4) is 11.5 Å². The number of alkyl halides is 3. The van der Waals surface area contributed by atoms with Gasteiger partial charge in [0.2, 0.25) is 0 Å². The second kappa shape index (κ2) is 14.7. The fourth-order valence-electron chi connectivity index (χ4n) is 6.21. The Morgan fingerprint density at radius 2 is 1.74 bits per heavy atom. The molecule has 2 aromatic carbocycles. The number of hydrogen-bond acceptors (Lipinski definition) is 9. The average Bonchev–Trinajstić information content (AvgIpc) is 3.09. The molecular formula is C34H37F5N6O4S. The maximum atomic E-state index is 16.0. The zero-order chi connectivity index (χ0) is 36.3. The highest BCUT2D eigenvalue weighted by atomic mass is 32.2. The van der Waals surface area contributed by atoms with Crippen LogP contribution in [0.25, 0.3) is 0 Å². The molecule has 1 aliphatic heterocycles. The van der Waals surface area contributed by atoms with Crippen LogP contribution < -0.4 is 18.7 Å². The van der Waals surface area contributed by atoms with Gasteiger partial charge in [0.1, 0.15) is 41.0 Å². The van der Waals surface area contributed by atoms with E-state index in [1.807, 2.05) is 19.0 Å². The fraction of sp³-hybridized carbons (Fsp3) is 0.382. The van der Waals surface area contributed by atoms with Crippen LogP contribution in [-0.2, 0) is 29.2 Å². The molecule has 10 nitrogen and oxygen atoms in total. The Balaban J connectivity index is 1.45. The van der Waals surface area contributed by atoms with Gasteiger partial charge in [-0.3, -0.25) is 0 Å². The van der Waals surface area contributed by atoms with Crippen molar-refractivity contribution in [2.75, 3.05) is 50.6 Å². The van der Waals surface area contributed by atoms with E-state index in [9.17, 15) is 21.6 Å². The lowest BCUT2D eigenvalue weighted by Crippen LogP contribution is -2.56. The van der Waals surface area contributed by atoms with Gasteiger partial charge in [0.15, 0.2) is 4.90 Å². The molecule has 5 rings (SSSR count). The third kappa shape index (κ3) is 7.75. The topological polar surface area (TPSA) is 101 Å². The average molecular weight is 721 g/mol. The van der Waals surface area contributed by atoms with Gasteiger partial charge in [-0.05, 0) is 76.2 Å². The van der Waals surface area contributed by atoms with E-state index in [0.717, 1.165) is 28.8 Å². The first-order valence-electron chi connectivity index (χ1n) is 15.6. The quantitative estimate of drug-likeness (QED) is 0.161. The number of ether oxygens (including phenoxy) is 2. The number of rotatable bonds is 12. The highest BCUT2D eigenvalue weighted by Crippen LogP contribution is 2.37. The third-order valence-electron chi connectivity index (χ3n) is 8.97. The first kappa shape index (κ1) is 36.7. The Bertz CT molecular complexity index is 1890. The molecule has 1 fully saturated rings. The smallest absolute Gasteiger partial charge is 0.433 e. The van der Waals surface area contributed by atoms with Gasteiger partial charge in [-0.2, -0.15) is 13.2 Å². The van der Waals surface area contributed by atoms with E-state index in [4.69, 9.17) is 9.47 Å². The lowest BCUT2D eigenvalue weighted by atomic mass is 9.82. The lowest BCUT2D eigenvalue weighted by Gasteiger charge is -2.48. The molecule has 268 valence electrons. The zero-order valence-corrected chi connectivity index (χ0v) is 28.7. The van der Waals surface area contributed by atoms with Crippen LogP contribution >= 0.6 is 0 Å². The van der Waals surface area contributed by atoms with Gasteiger partial charge in [0, 0.05) is 53.9 Å².